The predicted octanol–water partition coefficient (Wildman–Crippen LogP) is 3.37. The van der Waals surface area contributed by atoms with E-state index < -0.39 is 0 Å². The van der Waals surface area contributed by atoms with Gasteiger partial charge in [-0.3, -0.25) is 4.79 Å². The molecule has 17 heavy (non-hydrogen) atoms. The van der Waals surface area contributed by atoms with Gasteiger partial charge in [0.05, 0.1) is 7.11 Å². The van der Waals surface area contributed by atoms with E-state index in [-0.39, 0.29) is 5.97 Å². The number of allylic oxidation sites excluding steroid dienone is 2. The average molecular weight is 232 g/mol. The molecule has 1 rings (SSSR count). The average Bonchev–Trinajstić information content (AvgIpc) is 2.35. The Bertz CT molecular complexity index is 354. The molecular formula is C15H20O2. The van der Waals surface area contributed by atoms with Gasteiger partial charge in [0.15, 0.2) is 0 Å². The van der Waals surface area contributed by atoms with Gasteiger partial charge in [0.25, 0.3) is 0 Å². The second kappa shape index (κ2) is 7.66. The Labute approximate surface area is 103 Å². The van der Waals surface area contributed by atoms with Crippen molar-refractivity contribution in [2.45, 2.75) is 26.2 Å². The van der Waals surface area contributed by atoms with Crippen LogP contribution in [0.1, 0.15) is 25.3 Å². The standard InChI is InChI=1S/C15H20O2/c1-13(8-6-7-11-15(16)17-2)12-14-9-4-3-5-10-14/h3-6,8-10,13H,7,11-12H2,1-2H3/b8-6+. The number of carbonyl (C=O) groups excluding carboxylic acids is 1. The van der Waals surface area contributed by atoms with Gasteiger partial charge in [0.2, 0.25) is 0 Å². The molecule has 1 atom stereocenters. The smallest absolute Gasteiger partial charge is 0.305 e. The maximum atomic E-state index is 10.9. The Morgan fingerprint density at radius 1 is 1.35 bits per heavy atom. The Morgan fingerprint density at radius 2 is 2.06 bits per heavy atom. The molecule has 1 aromatic rings. The van der Waals surface area contributed by atoms with Crippen LogP contribution >= 0.6 is 0 Å². The van der Waals surface area contributed by atoms with Crippen molar-refractivity contribution >= 4 is 5.97 Å². The molecule has 0 spiro atoms. The van der Waals surface area contributed by atoms with E-state index in [2.05, 4.69) is 48.1 Å². The summed E-state index contributed by atoms with van der Waals surface area (Å²) in [5.74, 6) is 0.348. The first kappa shape index (κ1) is 13.5. The summed E-state index contributed by atoms with van der Waals surface area (Å²) in [5.41, 5.74) is 1.35. The van der Waals surface area contributed by atoms with Gasteiger partial charge in [0, 0.05) is 6.42 Å². The summed E-state index contributed by atoms with van der Waals surface area (Å²) in [4.78, 5) is 10.9. The van der Waals surface area contributed by atoms with E-state index in [1.807, 2.05) is 6.07 Å². The molecule has 0 saturated heterocycles. The fourth-order valence-electron chi connectivity index (χ4n) is 1.69. The Balaban J connectivity index is 2.27. The second-order valence-electron chi connectivity index (χ2n) is 4.21. The lowest BCUT2D eigenvalue weighted by molar-refractivity contribution is -0.140. The Hall–Kier alpha value is -1.57. The van der Waals surface area contributed by atoms with E-state index in [0.717, 1.165) is 12.8 Å². The van der Waals surface area contributed by atoms with Crippen LogP contribution in [0.5, 0.6) is 0 Å². The third kappa shape index (κ3) is 5.91. The van der Waals surface area contributed by atoms with Crippen LogP contribution in [-0.2, 0) is 16.0 Å². The second-order valence-corrected chi connectivity index (χ2v) is 4.21. The quantitative estimate of drug-likeness (QED) is 0.555. The largest absolute Gasteiger partial charge is 0.469 e. The topological polar surface area (TPSA) is 26.3 Å². The monoisotopic (exact) mass is 232 g/mol. The van der Waals surface area contributed by atoms with Crippen molar-refractivity contribution in [2.24, 2.45) is 5.92 Å². The maximum absolute atomic E-state index is 10.9. The molecule has 0 fully saturated rings. The molecule has 2 nitrogen and oxygen atoms in total. The molecule has 92 valence electrons. The minimum Gasteiger partial charge on any atom is -0.469 e. The van der Waals surface area contributed by atoms with E-state index in [9.17, 15) is 4.79 Å². The summed E-state index contributed by atoms with van der Waals surface area (Å²) in [5, 5.41) is 0. The van der Waals surface area contributed by atoms with Gasteiger partial charge in [-0.15, -0.1) is 0 Å². The lowest BCUT2D eigenvalue weighted by Crippen LogP contribution is -1.99. The summed E-state index contributed by atoms with van der Waals surface area (Å²) in [6, 6.07) is 10.4. The summed E-state index contributed by atoms with van der Waals surface area (Å²) >= 11 is 0. The predicted molar refractivity (Wildman–Crippen MR) is 69.7 cm³/mol. The van der Waals surface area contributed by atoms with Crippen LogP contribution in [-0.4, -0.2) is 13.1 Å². The normalized spacial score (nSPS) is 12.6. The van der Waals surface area contributed by atoms with Crippen molar-refractivity contribution in [3.63, 3.8) is 0 Å². The molecule has 0 aliphatic rings. The van der Waals surface area contributed by atoms with Crippen LogP contribution in [0.25, 0.3) is 0 Å². The molecule has 0 aromatic heterocycles. The highest BCUT2D eigenvalue weighted by molar-refractivity contribution is 5.69. The lowest BCUT2D eigenvalue weighted by Gasteiger charge is -2.05. The Kier molecular flexibility index (Phi) is 6.08. The molecule has 1 unspecified atom stereocenters. The van der Waals surface area contributed by atoms with Gasteiger partial charge in [-0.2, -0.15) is 0 Å². The highest BCUT2D eigenvalue weighted by Crippen LogP contribution is 2.09. The van der Waals surface area contributed by atoms with E-state index in [4.69, 9.17) is 0 Å². The van der Waals surface area contributed by atoms with Gasteiger partial charge in [-0.05, 0) is 24.3 Å². The van der Waals surface area contributed by atoms with Crippen molar-refractivity contribution in [3.05, 3.63) is 48.0 Å². The van der Waals surface area contributed by atoms with Crippen LogP contribution in [0, 0.1) is 5.92 Å². The minimum absolute atomic E-state index is 0.148. The van der Waals surface area contributed by atoms with Gasteiger partial charge in [-0.25, -0.2) is 0 Å². The SMILES string of the molecule is COC(=O)CC/C=C/C(C)Cc1ccccc1. The summed E-state index contributed by atoms with van der Waals surface area (Å²) in [7, 11) is 1.42. The van der Waals surface area contributed by atoms with Gasteiger partial charge >= 0.3 is 5.97 Å². The molecule has 0 radical (unpaired) electrons. The zero-order chi connectivity index (χ0) is 12.5. The minimum atomic E-state index is -0.148. The number of methoxy groups -OCH3 is 1. The number of benzene rings is 1. The molecule has 0 aliphatic heterocycles. The number of rotatable bonds is 6. The van der Waals surface area contributed by atoms with E-state index >= 15 is 0 Å². The lowest BCUT2D eigenvalue weighted by atomic mass is 10.0. The molecule has 0 aliphatic carbocycles. The fraction of sp³-hybridized carbons (Fsp3) is 0.400. The number of hydrogen-bond acceptors (Lipinski definition) is 2. The van der Waals surface area contributed by atoms with Crippen molar-refractivity contribution in [1.29, 1.82) is 0 Å². The molecule has 0 heterocycles. The van der Waals surface area contributed by atoms with E-state index in [1.54, 1.807) is 0 Å². The van der Waals surface area contributed by atoms with Crippen molar-refractivity contribution in [3.8, 4) is 0 Å². The van der Waals surface area contributed by atoms with Gasteiger partial charge < -0.3 is 4.74 Å². The maximum Gasteiger partial charge on any atom is 0.305 e. The molecule has 2 heteroatoms. The van der Waals surface area contributed by atoms with Crippen molar-refractivity contribution in [1.82, 2.24) is 0 Å². The number of ether oxygens (including phenoxy) is 1. The first-order chi connectivity index (χ1) is 8.22. The first-order valence-corrected chi connectivity index (χ1v) is 5.99. The molecule has 0 amide bonds. The number of hydrogen-bond donors (Lipinski definition) is 0. The molecule has 0 N–H and O–H groups in total. The summed E-state index contributed by atoms with van der Waals surface area (Å²) in [6.45, 7) is 2.18. The van der Waals surface area contributed by atoms with Crippen LogP contribution in [0.15, 0.2) is 42.5 Å². The molecule has 1 aromatic carbocycles. The highest BCUT2D eigenvalue weighted by Gasteiger charge is 2.00. The number of carbonyl (C=O) groups is 1. The highest BCUT2D eigenvalue weighted by atomic mass is 16.5. The zero-order valence-corrected chi connectivity index (χ0v) is 10.6. The summed E-state index contributed by atoms with van der Waals surface area (Å²) in [6.07, 6.45) is 6.48. The third-order valence-electron chi connectivity index (χ3n) is 2.61. The first-order valence-electron chi connectivity index (χ1n) is 5.99. The van der Waals surface area contributed by atoms with Crippen LogP contribution in [0.4, 0.5) is 0 Å². The number of esters is 1. The van der Waals surface area contributed by atoms with Gasteiger partial charge in [0.1, 0.15) is 0 Å². The zero-order valence-electron chi connectivity index (χ0n) is 10.6. The molecule has 0 bridgehead atoms. The van der Waals surface area contributed by atoms with Crippen LogP contribution in [0.3, 0.4) is 0 Å². The van der Waals surface area contributed by atoms with Crippen LogP contribution in [0.2, 0.25) is 0 Å². The van der Waals surface area contributed by atoms with E-state index in [1.165, 1.54) is 12.7 Å². The third-order valence-corrected chi connectivity index (χ3v) is 2.61. The summed E-state index contributed by atoms with van der Waals surface area (Å²) < 4.78 is 4.58. The molecule has 0 saturated carbocycles. The van der Waals surface area contributed by atoms with Gasteiger partial charge in [-0.1, -0.05) is 49.4 Å². The Morgan fingerprint density at radius 3 is 2.71 bits per heavy atom. The van der Waals surface area contributed by atoms with E-state index in [0.29, 0.717) is 12.3 Å². The van der Waals surface area contributed by atoms with Crippen molar-refractivity contribution in [2.75, 3.05) is 7.11 Å². The van der Waals surface area contributed by atoms with Crippen LogP contribution < -0.4 is 0 Å². The molecular weight excluding hydrogens is 212 g/mol. The fourth-order valence-corrected chi connectivity index (χ4v) is 1.69. The van der Waals surface area contributed by atoms with Crippen molar-refractivity contribution < 1.29 is 9.53 Å².